The highest BCUT2D eigenvalue weighted by molar-refractivity contribution is 8.18. The highest BCUT2D eigenvalue weighted by atomic mass is 32.2. The van der Waals surface area contributed by atoms with Crippen LogP contribution in [0.5, 0.6) is 11.5 Å². The summed E-state index contributed by atoms with van der Waals surface area (Å²) >= 11 is 0.685. The average molecular weight is 444 g/mol. The number of halogens is 1. The van der Waals surface area contributed by atoms with Crippen LogP contribution in [0.3, 0.4) is 0 Å². The Morgan fingerprint density at radius 2 is 1.84 bits per heavy atom. The van der Waals surface area contributed by atoms with Gasteiger partial charge in [0.25, 0.3) is 11.1 Å². The molecule has 1 heterocycles. The van der Waals surface area contributed by atoms with Crippen LogP contribution in [0.2, 0.25) is 0 Å². The lowest BCUT2D eigenvalue weighted by molar-refractivity contribution is -0.127. The molecule has 0 aliphatic carbocycles. The van der Waals surface area contributed by atoms with Gasteiger partial charge >= 0.3 is 5.97 Å². The summed E-state index contributed by atoms with van der Waals surface area (Å²) in [5.74, 6) is -2.22. The smallest absolute Gasteiger partial charge is 0.343 e. The molecule has 1 fully saturated rings. The van der Waals surface area contributed by atoms with Crippen LogP contribution in [0.25, 0.3) is 6.08 Å². The molecule has 8 nitrogen and oxygen atoms in total. The molecule has 0 atom stereocenters. The first-order valence-corrected chi connectivity index (χ1v) is 9.88. The Labute approximate surface area is 180 Å². The summed E-state index contributed by atoms with van der Waals surface area (Å²) in [6.45, 7) is 1.53. The minimum atomic E-state index is -0.797. The first-order valence-electron chi connectivity index (χ1n) is 9.06. The molecule has 31 heavy (non-hydrogen) atoms. The van der Waals surface area contributed by atoms with E-state index in [4.69, 9.17) is 15.2 Å². The van der Waals surface area contributed by atoms with Crippen molar-refractivity contribution in [1.82, 2.24) is 4.90 Å². The lowest BCUT2D eigenvalue weighted by Gasteiger charge is -2.12. The molecule has 3 rings (SSSR count). The van der Waals surface area contributed by atoms with E-state index in [0.717, 1.165) is 17.0 Å². The minimum absolute atomic E-state index is 0.116. The maximum Gasteiger partial charge on any atom is 0.343 e. The predicted molar refractivity (Wildman–Crippen MR) is 111 cm³/mol. The van der Waals surface area contributed by atoms with Gasteiger partial charge in [0.15, 0.2) is 11.5 Å². The van der Waals surface area contributed by atoms with Crippen LogP contribution in [-0.4, -0.2) is 41.1 Å². The number of nitrogens with two attached hydrogens (primary N) is 1. The van der Waals surface area contributed by atoms with Gasteiger partial charge < -0.3 is 15.2 Å². The molecule has 1 aliphatic heterocycles. The van der Waals surface area contributed by atoms with Gasteiger partial charge in [0.1, 0.15) is 12.4 Å². The molecule has 160 valence electrons. The Kier molecular flexibility index (Phi) is 6.71. The SMILES string of the molecule is CCOc1cc(/C=C2\SC(=O)N(CC(N)=O)C2=O)ccc1OC(=O)c1ccc(F)cc1. The number of esters is 1. The van der Waals surface area contributed by atoms with Crippen LogP contribution in [0.15, 0.2) is 47.4 Å². The molecule has 0 saturated carbocycles. The second kappa shape index (κ2) is 9.43. The topological polar surface area (TPSA) is 116 Å². The number of imide groups is 1. The van der Waals surface area contributed by atoms with Gasteiger partial charge in [0, 0.05) is 0 Å². The fourth-order valence-corrected chi connectivity index (χ4v) is 3.49. The normalized spacial score (nSPS) is 14.8. The highest BCUT2D eigenvalue weighted by Crippen LogP contribution is 2.34. The number of primary amides is 1. The molecule has 0 aromatic heterocycles. The van der Waals surface area contributed by atoms with Crippen LogP contribution in [-0.2, 0) is 9.59 Å². The molecule has 1 saturated heterocycles. The van der Waals surface area contributed by atoms with Crippen molar-refractivity contribution in [2.24, 2.45) is 5.73 Å². The largest absolute Gasteiger partial charge is 0.490 e. The Morgan fingerprint density at radius 3 is 2.48 bits per heavy atom. The van der Waals surface area contributed by atoms with Gasteiger partial charge in [0.05, 0.1) is 17.1 Å². The number of hydrogen-bond donors (Lipinski definition) is 1. The van der Waals surface area contributed by atoms with Crippen LogP contribution in [0, 0.1) is 5.82 Å². The van der Waals surface area contributed by atoms with Crippen LogP contribution in [0.1, 0.15) is 22.8 Å². The number of carbonyl (C=O) groups is 4. The number of benzene rings is 2. The lowest BCUT2D eigenvalue weighted by atomic mass is 10.1. The van der Waals surface area contributed by atoms with E-state index >= 15 is 0 Å². The van der Waals surface area contributed by atoms with Crippen molar-refractivity contribution in [2.45, 2.75) is 6.92 Å². The van der Waals surface area contributed by atoms with Crippen molar-refractivity contribution in [3.63, 3.8) is 0 Å². The third-order valence-corrected chi connectivity index (χ3v) is 4.94. The van der Waals surface area contributed by atoms with Crippen LogP contribution in [0.4, 0.5) is 9.18 Å². The predicted octanol–water partition coefficient (Wildman–Crippen LogP) is 2.97. The molecule has 2 aromatic carbocycles. The van der Waals surface area contributed by atoms with Crippen molar-refractivity contribution >= 4 is 40.9 Å². The summed E-state index contributed by atoms with van der Waals surface area (Å²) in [7, 11) is 0. The molecule has 10 heteroatoms. The van der Waals surface area contributed by atoms with Crippen molar-refractivity contribution < 1.29 is 33.0 Å². The third kappa shape index (κ3) is 5.28. The van der Waals surface area contributed by atoms with Gasteiger partial charge in [-0.3, -0.25) is 19.3 Å². The van der Waals surface area contributed by atoms with Crippen molar-refractivity contribution in [1.29, 1.82) is 0 Å². The van der Waals surface area contributed by atoms with Crippen molar-refractivity contribution in [3.8, 4) is 11.5 Å². The Balaban J connectivity index is 1.83. The number of nitrogens with zero attached hydrogens (tertiary/aromatic N) is 1. The van der Waals surface area contributed by atoms with E-state index in [1.165, 1.54) is 24.3 Å². The second-order valence-corrected chi connectivity index (χ2v) is 7.26. The quantitative estimate of drug-likeness (QED) is 0.396. The zero-order valence-electron chi connectivity index (χ0n) is 16.3. The summed E-state index contributed by atoms with van der Waals surface area (Å²) in [4.78, 5) is 48.5. The van der Waals surface area contributed by atoms with E-state index in [1.807, 2.05) is 0 Å². The maximum atomic E-state index is 13.0. The Bertz CT molecular complexity index is 1080. The van der Waals surface area contributed by atoms with E-state index in [2.05, 4.69) is 0 Å². The van der Waals surface area contributed by atoms with Gasteiger partial charge in [0.2, 0.25) is 5.91 Å². The number of thioether (sulfide) groups is 1. The first-order chi connectivity index (χ1) is 14.8. The molecule has 3 amide bonds. The van der Waals surface area contributed by atoms with Gasteiger partial charge in [-0.05, 0) is 66.7 Å². The van der Waals surface area contributed by atoms with E-state index < -0.39 is 35.4 Å². The molecule has 2 aromatic rings. The molecule has 0 bridgehead atoms. The van der Waals surface area contributed by atoms with Gasteiger partial charge in [-0.2, -0.15) is 0 Å². The van der Waals surface area contributed by atoms with E-state index in [1.54, 1.807) is 19.1 Å². The zero-order valence-corrected chi connectivity index (χ0v) is 17.1. The summed E-state index contributed by atoms with van der Waals surface area (Å²) in [5, 5.41) is -0.593. The molecule has 2 N–H and O–H groups in total. The van der Waals surface area contributed by atoms with Gasteiger partial charge in [-0.1, -0.05) is 6.07 Å². The summed E-state index contributed by atoms with van der Waals surface area (Å²) in [6, 6.07) is 9.48. The minimum Gasteiger partial charge on any atom is -0.490 e. The monoisotopic (exact) mass is 444 g/mol. The number of carbonyl (C=O) groups excluding carboxylic acids is 4. The standard InChI is InChI=1S/C21H17FN2O6S/c1-2-29-16-9-12(10-17-19(26)24(11-18(23)25)21(28)31-17)3-8-15(16)30-20(27)13-4-6-14(22)7-5-13/h3-10H,2,11H2,1H3,(H2,23,25)/b17-10-. The molecule has 0 radical (unpaired) electrons. The molecular formula is C21H17FN2O6S. The van der Waals surface area contributed by atoms with E-state index in [9.17, 15) is 23.6 Å². The average Bonchev–Trinajstić information content (AvgIpc) is 2.97. The van der Waals surface area contributed by atoms with Crippen molar-refractivity contribution in [2.75, 3.05) is 13.2 Å². The van der Waals surface area contributed by atoms with Crippen molar-refractivity contribution in [3.05, 3.63) is 64.3 Å². The fourth-order valence-electron chi connectivity index (χ4n) is 2.66. The third-order valence-electron chi connectivity index (χ3n) is 4.04. The fraction of sp³-hybridized carbons (Fsp3) is 0.143. The zero-order chi connectivity index (χ0) is 22.5. The highest BCUT2D eigenvalue weighted by Gasteiger charge is 2.35. The number of hydrogen-bond acceptors (Lipinski definition) is 7. The van der Waals surface area contributed by atoms with Crippen LogP contribution < -0.4 is 15.2 Å². The van der Waals surface area contributed by atoms with E-state index in [-0.39, 0.29) is 28.6 Å². The number of ether oxygens (including phenoxy) is 2. The lowest BCUT2D eigenvalue weighted by Crippen LogP contribution is -2.36. The molecule has 0 unspecified atom stereocenters. The first kappa shape index (κ1) is 22.0. The van der Waals surface area contributed by atoms with Gasteiger partial charge in [-0.15, -0.1) is 0 Å². The Hall–Kier alpha value is -3.66. The summed E-state index contributed by atoms with van der Waals surface area (Å²) < 4.78 is 23.9. The second-order valence-electron chi connectivity index (χ2n) is 6.27. The van der Waals surface area contributed by atoms with Gasteiger partial charge in [-0.25, -0.2) is 9.18 Å². The van der Waals surface area contributed by atoms with E-state index in [0.29, 0.717) is 17.3 Å². The number of rotatable bonds is 7. The molecular weight excluding hydrogens is 427 g/mol. The summed E-state index contributed by atoms with van der Waals surface area (Å²) in [5.41, 5.74) is 5.74. The molecule has 1 aliphatic rings. The maximum absolute atomic E-state index is 13.0. The molecule has 0 spiro atoms. The summed E-state index contributed by atoms with van der Waals surface area (Å²) in [6.07, 6.45) is 1.46. The Morgan fingerprint density at radius 1 is 1.13 bits per heavy atom. The number of amides is 3. The van der Waals surface area contributed by atoms with Crippen LogP contribution >= 0.6 is 11.8 Å².